The van der Waals surface area contributed by atoms with Crippen LogP contribution in [-0.4, -0.2) is 102 Å². The largest absolute Gasteiger partial charge is 1.00 e. The van der Waals surface area contributed by atoms with Crippen LogP contribution >= 0.6 is 12.0 Å². The Morgan fingerprint density at radius 2 is 0.793 bits per heavy atom. The Morgan fingerprint density at radius 3 is 1.10 bits per heavy atom. The number of carbonyl (C=O) groups is 2. The maximum atomic E-state index is 13.9. The maximum Gasteiger partial charge on any atom is 1.00 e. The summed E-state index contributed by atoms with van der Waals surface area (Å²) >= 11 is -0.268. The normalized spacial score (nSPS) is 15.5. The minimum absolute atomic E-state index is 0. The topological polar surface area (TPSA) is 94.1 Å². The second-order valence-electron chi connectivity index (χ2n) is 10.9. The van der Waals surface area contributed by atoms with Gasteiger partial charge in [0.25, 0.3) is 0 Å². The van der Waals surface area contributed by atoms with E-state index in [4.69, 9.17) is 0 Å². The second-order valence-corrected chi connectivity index (χ2v) is 11.6. The van der Waals surface area contributed by atoms with Crippen LogP contribution in [0.15, 0.2) is 0 Å². The summed E-state index contributed by atoms with van der Waals surface area (Å²) in [6.45, 7) is -3.41. The van der Waals surface area contributed by atoms with Crippen molar-refractivity contribution in [3.05, 3.63) is 0 Å². The van der Waals surface area contributed by atoms with Crippen LogP contribution in [0.3, 0.4) is 0 Å². The van der Waals surface area contributed by atoms with E-state index in [9.17, 15) is 129 Å². The van der Waals surface area contributed by atoms with Gasteiger partial charge in [-0.25, -0.2) is 0 Å². The van der Waals surface area contributed by atoms with Gasteiger partial charge < -0.3 is 14.7 Å². The zero-order chi connectivity index (χ0) is 45.9. The second kappa shape index (κ2) is 18.9. The van der Waals surface area contributed by atoms with Crippen LogP contribution in [0.5, 0.6) is 0 Å². The van der Waals surface area contributed by atoms with Crippen molar-refractivity contribution in [3.8, 4) is 0 Å². The third-order valence-electron chi connectivity index (χ3n) is 6.87. The Kier molecular flexibility index (Phi) is 18.9. The first kappa shape index (κ1) is 58.0. The summed E-state index contributed by atoms with van der Waals surface area (Å²) in [7, 11) is 0. The molecule has 0 bridgehead atoms. The van der Waals surface area contributed by atoms with Crippen LogP contribution in [0.1, 0.15) is 32.1 Å². The molecule has 0 radical (unpaired) electrons. The van der Waals surface area contributed by atoms with E-state index in [0.29, 0.717) is 0 Å². The first-order valence-corrected chi connectivity index (χ1v) is 14.7. The predicted molar refractivity (Wildman–Crippen MR) is 125 cm³/mol. The first-order valence-electron chi connectivity index (χ1n) is 13.8. The maximum absolute atomic E-state index is 13.9. The molecule has 35 heteroatoms. The molecule has 0 aromatic carbocycles. The van der Waals surface area contributed by atoms with Gasteiger partial charge in [0.1, 0.15) is 0 Å². The Balaban J connectivity index is 0. The molecule has 0 aliphatic carbocycles. The van der Waals surface area contributed by atoms with E-state index in [1.165, 1.54) is 0 Å². The summed E-state index contributed by atoms with van der Waals surface area (Å²) in [5.74, 6) is -84.5. The monoisotopic (exact) mass is 938 g/mol. The van der Waals surface area contributed by atoms with Gasteiger partial charge in [-0.1, -0.05) is 0 Å². The van der Waals surface area contributed by atoms with E-state index < -0.39 is 141 Å². The molecule has 0 aromatic heterocycles. The number of carbonyl (C=O) groups excluding carboxylic acids is 2. The standard InChI is InChI=1S/C23H18F26O7S.Li/c24-12(25,14(28,29)16(32,33)18(36,37)20(40,41)22(44,45)46)3-1-5-53-10(50)7-9(8-57-56-55-52)11(51)54-6-2-4-13(26,27)15(30,31)17(34,35)19(38,39)21(42,43)23(47,48)49;/h9,52H,1-8H2;/q;+1/p-1. The molecule has 0 amide bonds. The first-order chi connectivity index (χ1) is 24.9. The molecule has 0 aliphatic rings. The van der Waals surface area contributed by atoms with E-state index in [1.54, 1.807) is 0 Å². The van der Waals surface area contributed by atoms with Crippen LogP contribution < -0.4 is 24.1 Å². The van der Waals surface area contributed by atoms with Crippen molar-refractivity contribution in [2.24, 2.45) is 5.92 Å². The molecule has 1 atom stereocenters. The molecule has 0 N–H and O–H groups in total. The van der Waals surface area contributed by atoms with Crippen molar-refractivity contribution in [2.45, 2.75) is 104 Å². The molecular formula is C23H17F26LiO7S. The van der Waals surface area contributed by atoms with Crippen molar-refractivity contribution < 1.29 is 167 Å². The number of rotatable bonds is 23. The van der Waals surface area contributed by atoms with Gasteiger partial charge >= 0.3 is 102 Å². The van der Waals surface area contributed by atoms with E-state index in [1.807, 2.05) is 0 Å². The minimum Gasteiger partial charge on any atom is -0.691 e. The summed E-state index contributed by atoms with van der Waals surface area (Å²) in [4.78, 5) is 24.1. The molecule has 0 heterocycles. The molecular weight excluding hydrogens is 921 g/mol. The number of hydrogen-bond donors (Lipinski definition) is 0. The third kappa shape index (κ3) is 11.1. The molecule has 0 spiro atoms. The van der Waals surface area contributed by atoms with Crippen LogP contribution in [0.4, 0.5) is 114 Å². The van der Waals surface area contributed by atoms with Gasteiger partial charge in [0.2, 0.25) is 0 Å². The number of hydrogen-bond acceptors (Lipinski definition) is 8. The molecule has 1 unspecified atom stereocenters. The molecule has 0 saturated heterocycles. The molecule has 0 saturated carbocycles. The molecule has 0 fully saturated rings. The van der Waals surface area contributed by atoms with Gasteiger partial charge in [0.05, 0.1) is 25.6 Å². The summed E-state index contributed by atoms with van der Waals surface area (Å²) in [5.41, 5.74) is 0. The van der Waals surface area contributed by atoms with E-state index in [0.717, 1.165) is 0 Å². The average molecular weight is 938 g/mol. The van der Waals surface area contributed by atoms with Crippen molar-refractivity contribution in [2.75, 3.05) is 19.0 Å². The number of halogens is 26. The van der Waals surface area contributed by atoms with Gasteiger partial charge in [-0.05, 0) is 12.8 Å². The summed E-state index contributed by atoms with van der Waals surface area (Å²) in [5, 5.41) is 12.7. The van der Waals surface area contributed by atoms with E-state index >= 15 is 0 Å². The van der Waals surface area contributed by atoms with Gasteiger partial charge in [-0.15, -0.1) is 0 Å². The van der Waals surface area contributed by atoms with Crippen molar-refractivity contribution >= 4 is 24.0 Å². The smallest absolute Gasteiger partial charge is 0.691 e. The van der Waals surface area contributed by atoms with Gasteiger partial charge in [0, 0.05) is 30.6 Å². The third-order valence-corrected chi connectivity index (χ3v) is 7.56. The summed E-state index contributed by atoms with van der Waals surface area (Å²) in [6, 6.07) is 0. The van der Waals surface area contributed by atoms with Crippen LogP contribution in [-0.2, 0) is 28.4 Å². The molecule has 58 heavy (non-hydrogen) atoms. The average Bonchev–Trinajstić information content (AvgIpc) is 3.02. The number of esters is 2. The van der Waals surface area contributed by atoms with Crippen molar-refractivity contribution in [1.82, 2.24) is 0 Å². The minimum atomic E-state index is -8.22. The fraction of sp³-hybridized carbons (Fsp3) is 0.913. The quantitative estimate of drug-likeness (QED) is 0.0235. The van der Waals surface area contributed by atoms with Crippen LogP contribution in [0.25, 0.3) is 0 Å². The molecule has 0 rings (SSSR count). The molecule has 340 valence electrons. The fourth-order valence-electron chi connectivity index (χ4n) is 3.58. The van der Waals surface area contributed by atoms with E-state index in [2.05, 4.69) is 18.8 Å². The number of ether oxygens (including phenoxy) is 2. The van der Waals surface area contributed by atoms with Crippen LogP contribution in [0, 0.1) is 5.92 Å². The van der Waals surface area contributed by atoms with Crippen molar-refractivity contribution in [3.63, 3.8) is 0 Å². The molecule has 7 nitrogen and oxygen atoms in total. The Hall–Kier alpha value is -2.05. The van der Waals surface area contributed by atoms with E-state index in [-0.39, 0.29) is 30.9 Å². The summed E-state index contributed by atoms with van der Waals surface area (Å²) < 4.78 is 354. The van der Waals surface area contributed by atoms with Gasteiger partial charge in [-0.3, -0.25) is 14.6 Å². The SMILES string of the molecule is O=C(CC(CSOO[O-])C(=O)OCCCC(F)(F)C(F)(F)C(F)(F)C(F)(F)C(F)(F)C(F)(F)F)OCCCC(F)(F)C(F)(F)C(F)(F)C(F)(F)C(F)(F)C(F)(F)F.[Li+]. The van der Waals surface area contributed by atoms with Gasteiger partial charge in [-0.2, -0.15) is 118 Å². The fourth-order valence-corrected chi connectivity index (χ4v) is 4.10. The molecule has 0 aromatic rings. The zero-order valence-corrected chi connectivity index (χ0v) is 28.1. The molecule has 0 aliphatic heterocycles. The Labute approximate surface area is 319 Å². The number of alkyl halides is 26. The predicted octanol–water partition coefficient (Wildman–Crippen LogP) is 5.99. The zero-order valence-electron chi connectivity index (χ0n) is 27.3. The van der Waals surface area contributed by atoms with Gasteiger partial charge in [0.15, 0.2) is 0 Å². The van der Waals surface area contributed by atoms with Crippen LogP contribution in [0.2, 0.25) is 0 Å². The Bertz CT molecular complexity index is 1360. The Morgan fingerprint density at radius 1 is 0.483 bits per heavy atom. The summed E-state index contributed by atoms with van der Waals surface area (Å²) in [6.07, 6.45) is -26.3. The van der Waals surface area contributed by atoms with Crippen molar-refractivity contribution in [1.29, 1.82) is 0 Å².